The van der Waals surface area contributed by atoms with E-state index in [1.165, 1.54) is 0 Å². The third-order valence-electron chi connectivity index (χ3n) is 2.47. The molecule has 2 aromatic rings. The van der Waals surface area contributed by atoms with Gasteiger partial charge in [-0.2, -0.15) is 5.10 Å². The van der Waals surface area contributed by atoms with Gasteiger partial charge < -0.3 is 5.73 Å². The first kappa shape index (κ1) is 11.3. The van der Waals surface area contributed by atoms with Crippen LogP contribution in [0.1, 0.15) is 5.56 Å². The third kappa shape index (κ3) is 1.88. The molecule has 0 atom stereocenters. The molecule has 3 nitrogen and oxygen atoms in total. The molecular weight excluding hydrogens is 245 g/mol. The Morgan fingerprint density at radius 2 is 1.75 bits per heavy atom. The van der Waals surface area contributed by atoms with Crippen LogP contribution in [0.4, 0.5) is 5.82 Å². The van der Waals surface area contributed by atoms with E-state index in [-0.39, 0.29) is 0 Å². The molecule has 0 saturated carbocycles. The second-order valence-electron chi connectivity index (χ2n) is 3.64. The lowest BCUT2D eigenvalue weighted by atomic mass is 10.1. The SMILES string of the molecule is Cc1c(-c2cc(Cl)cc(Cl)c2)nn(C)c1N. The van der Waals surface area contributed by atoms with Gasteiger partial charge in [0.2, 0.25) is 0 Å². The second kappa shape index (κ2) is 4.00. The highest BCUT2D eigenvalue weighted by atomic mass is 35.5. The molecule has 0 aliphatic carbocycles. The number of hydrogen-bond acceptors (Lipinski definition) is 2. The molecule has 0 fully saturated rings. The number of rotatable bonds is 1. The number of nitrogen functional groups attached to an aromatic ring is 1. The van der Waals surface area contributed by atoms with Crippen LogP contribution >= 0.6 is 23.2 Å². The van der Waals surface area contributed by atoms with Gasteiger partial charge in [0, 0.05) is 28.2 Å². The summed E-state index contributed by atoms with van der Waals surface area (Å²) < 4.78 is 1.64. The van der Waals surface area contributed by atoms with Crippen molar-refractivity contribution in [2.75, 3.05) is 5.73 Å². The lowest BCUT2D eigenvalue weighted by Crippen LogP contribution is -1.97. The molecule has 2 rings (SSSR count). The first-order chi connectivity index (χ1) is 7.49. The fourth-order valence-corrected chi connectivity index (χ4v) is 2.13. The maximum atomic E-state index is 5.95. The molecule has 5 heteroatoms. The van der Waals surface area contributed by atoms with Crippen molar-refractivity contribution in [2.45, 2.75) is 6.92 Å². The molecule has 1 aromatic carbocycles. The Morgan fingerprint density at radius 1 is 1.19 bits per heavy atom. The van der Waals surface area contributed by atoms with Crippen molar-refractivity contribution >= 4 is 29.0 Å². The molecule has 0 spiro atoms. The quantitative estimate of drug-likeness (QED) is 0.850. The molecular formula is C11H11Cl2N3. The highest BCUT2D eigenvalue weighted by Crippen LogP contribution is 2.30. The molecule has 0 saturated heterocycles. The fraction of sp³-hybridized carbons (Fsp3) is 0.182. The monoisotopic (exact) mass is 255 g/mol. The predicted molar refractivity (Wildman–Crippen MR) is 67.8 cm³/mol. The summed E-state index contributed by atoms with van der Waals surface area (Å²) in [6.07, 6.45) is 0. The topological polar surface area (TPSA) is 43.8 Å². The maximum absolute atomic E-state index is 5.95. The Kier molecular flexibility index (Phi) is 2.82. The van der Waals surface area contributed by atoms with Crippen LogP contribution in [-0.4, -0.2) is 9.78 Å². The van der Waals surface area contributed by atoms with Crippen LogP contribution < -0.4 is 5.73 Å². The summed E-state index contributed by atoms with van der Waals surface area (Å²) in [6.45, 7) is 1.92. The summed E-state index contributed by atoms with van der Waals surface area (Å²) in [7, 11) is 1.80. The van der Waals surface area contributed by atoms with Crippen molar-refractivity contribution in [3.05, 3.63) is 33.8 Å². The summed E-state index contributed by atoms with van der Waals surface area (Å²) in [6, 6.07) is 5.33. The minimum atomic E-state index is 0.589. The van der Waals surface area contributed by atoms with Gasteiger partial charge in [-0.15, -0.1) is 0 Å². The molecule has 0 bridgehead atoms. The molecule has 2 N–H and O–H groups in total. The van der Waals surface area contributed by atoms with E-state index in [1.807, 2.05) is 19.1 Å². The van der Waals surface area contributed by atoms with Crippen LogP contribution in [-0.2, 0) is 7.05 Å². The molecule has 0 unspecified atom stereocenters. The van der Waals surface area contributed by atoms with Crippen LogP contribution in [0.5, 0.6) is 0 Å². The van der Waals surface area contributed by atoms with Crippen molar-refractivity contribution in [1.82, 2.24) is 9.78 Å². The van der Waals surface area contributed by atoms with E-state index in [0.29, 0.717) is 15.9 Å². The highest BCUT2D eigenvalue weighted by molar-refractivity contribution is 6.35. The van der Waals surface area contributed by atoms with Gasteiger partial charge >= 0.3 is 0 Å². The summed E-state index contributed by atoms with van der Waals surface area (Å²) in [5, 5.41) is 5.51. The van der Waals surface area contributed by atoms with Gasteiger partial charge in [-0.25, -0.2) is 0 Å². The number of aryl methyl sites for hydroxylation is 1. The molecule has 1 aromatic heterocycles. The van der Waals surface area contributed by atoms with E-state index in [2.05, 4.69) is 5.10 Å². The van der Waals surface area contributed by atoms with Gasteiger partial charge in [0.1, 0.15) is 5.82 Å². The maximum Gasteiger partial charge on any atom is 0.124 e. The number of hydrogen-bond donors (Lipinski definition) is 1. The van der Waals surface area contributed by atoms with E-state index in [4.69, 9.17) is 28.9 Å². The van der Waals surface area contributed by atoms with Crippen LogP contribution in [0.3, 0.4) is 0 Å². The molecule has 0 radical (unpaired) electrons. The molecule has 1 heterocycles. The van der Waals surface area contributed by atoms with Crippen LogP contribution in [0.15, 0.2) is 18.2 Å². The van der Waals surface area contributed by atoms with E-state index < -0.39 is 0 Å². The Hall–Kier alpha value is -1.19. The minimum Gasteiger partial charge on any atom is -0.384 e. The van der Waals surface area contributed by atoms with E-state index in [0.717, 1.165) is 16.8 Å². The Balaban J connectivity index is 2.62. The lowest BCUT2D eigenvalue weighted by Gasteiger charge is -2.00. The smallest absolute Gasteiger partial charge is 0.124 e. The Labute approximate surface area is 104 Å². The average Bonchev–Trinajstić information content (AvgIpc) is 2.44. The summed E-state index contributed by atoms with van der Waals surface area (Å²) >= 11 is 11.9. The van der Waals surface area contributed by atoms with E-state index in [1.54, 1.807) is 17.8 Å². The van der Waals surface area contributed by atoms with Gasteiger partial charge in [0.25, 0.3) is 0 Å². The molecule has 0 aliphatic rings. The van der Waals surface area contributed by atoms with E-state index >= 15 is 0 Å². The first-order valence-electron chi connectivity index (χ1n) is 4.74. The van der Waals surface area contributed by atoms with Gasteiger partial charge in [-0.05, 0) is 25.1 Å². The third-order valence-corrected chi connectivity index (χ3v) is 2.91. The first-order valence-corrected chi connectivity index (χ1v) is 5.50. The van der Waals surface area contributed by atoms with Gasteiger partial charge in [-0.3, -0.25) is 4.68 Å². The second-order valence-corrected chi connectivity index (χ2v) is 4.51. The Morgan fingerprint density at radius 3 is 2.19 bits per heavy atom. The number of benzene rings is 1. The zero-order valence-corrected chi connectivity index (χ0v) is 10.5. The molecule has 84 valence electrons. The summed E-state index contributed by atoms with van der Waals surface area (Å²) in [5.74, 6) is 0.645. The number of aromatic nitrogens is 2. The van der Waals surface area contributed by atoms with Crippen molar-refractivity contribution in [3.63, 3.8) is 0 Å². The van der Waals surface area contributed by atoms with Crippen molar-refractivity contribution in [2.24, 2.45) is 7.05 Å². The lowest BCUT2D eigenvalue weighted by molar-refractivity contribution is 0.782. The number of nitrogens with zero attached hydrogens (tertiary/aromatic N) is 2. The van der Waals surface area contributed by atoms with Crippen LogP contribution in [0.25, 0.3) is 11.3 Å². The zero-order chi connectivity index (χ0) is 11.9. The minimum absolute atomic E-state index is 0.589. The standard InChI is InChI=1S/C11H11Cl2N3/c1-6-10(15-16(2)11(6)14)7-3-8(12)5-9(13)4-7/h3-5H,14H2,1-2H3. The predicted octanol–water partition coefficient (Wildman–Crippen LogP) is 3.28. The fourth-order valence-electron chi connectivity index (χ4n) is 1.61. The van der Waals surface area contributed by atoms with Gasteiger partial charge in [0.15, 0.2) is 0 Å². The molecule has 0 aliphatic heterocycles. The summed E-state index contributed by atoms with van der Waals surface area (Å²) in [4.78, 5) is 0. The largest absolute Gasteiger partial charge is 0.384 e. The normalized spacial score (nSPS) is 10.8. The van der Waals surface area contributed by atoms with Crippen LogP contribution in [0, 0.1) is 6.92 Å². The van der Waals surface area contributed by atoms with Gasteiger partial charge in [0.05, 0.1) is 5.69 Å². The van der Waals surface area contributed by atoms with Crippen molar-refractivity contribution in [1.29, 1.82) is 0 Å². The molecule has 16 heavy (non-hydrogen) atoms. The van der Waals surface area contributed by atoms with Crippen LogP contribution in [0.2, 0.25) is 10.0 Å². The summed E-state index contributed by atoms with van der Waals surface area (Å²) in [5.41, 5.74) is 8.47. The van der Waals surface area contributed by atoms with Crippen molar-refractivity contribution < 1.29 is 0 Å². The Bertz CT molecular complexity index is 526. The molecule has 0 amide bonds. The van der Waals surface area contributed by atoms with E-state index in [9.17, 15) is 0 Å². The van der Waals surface area contributed by atoms with Gasteiger partial charge in [-0.1, -0.05) is 23.2 Å². The number of anilines is 1. The average molecular weight is 256 g/mol. The number of halogens is 2. The highest BCUT2D eigenvalue weighted by Gasteiger charge is 2.12. The number of nitrogens with two attached hydrogens (primary N) is 1. The zero-order valence-electron chi connectivity index (χ0n) is 8.96. The van der Waals surface area contributed by atoms with Crippen molar-refractivity contribution in [3.8, 4) is 11.3 Å².